The van der Waals surface area contributed by atoms with Crippen LogP contribution >= 0.6 is 11.8 Å². The number of carbonyl (C=O) groups is 2. The number of hydrogen-bond acceptors (Lipinski definition) is 4. The van der Waals surface area contributed by atoms with Crippen LogP contribution in [0.4, 0.5) is 0 Å². The van der Waals surface area contributed by atoms with E-state index in [1.165, 1.54) is 31.8 Å². The van der Waals surface area contributed by atoms with Gasteiger partial charge in [0, 0.05) is 11.3 Å². The van der Waals surface area contributed by atoms with Crippen LogP contribution in [0.15, 0.2) is 59.1 Å². The molecule has 0 bridgehead atoms. The molecule has 1 amide bonds. The van der Waals surface area contributed by atoms with Gasteiger partial charge in [-0.1, -0.05) is 49.9 Å². The summed E-state index contributed by atoms with van der Waals surface area (Å²) in [5, 5.41) is 12.0. The van der Waals surface area contributed by atoms with Crippen molar-refractivity contribution in [3.63, 3.8) is 0 Å². The number of benzene rings is 2. The van der Waals surface area contributed by atoms with Gasteiger partial charge in [0.1, 0.15) is 17.2 Å². The van der Waals surface area contributed by atoms with E-state index >= 15 is 0 Å². The van der Waals surface area contributed by atoms with E-state index in [9.17, 15) is 14.7 Å². The molecule has 0 aliphatic heterocycles. The Bertz CT molecular complexity index is 902. The van der Waals surface area contributed by atoms with E-state index in [2.05, 4.69) is 5.32 Å². The summed E-state index contributed by atoms with van der Waals surface area (Å²) in [6.07, 6.45) is 9.44. The normalized spacial score (nSPS) is 14.5. The number of aliphatic carboxylic acids is 1. The number of rotatable bonds is 9. The topological polar surface area (TPSA) is 75.6 Å². The first-order chi connectivity index (χ1) is 14.5. The van der Waals surface area contributed by atoms with Crippen LogP contribution in [-0.2, 0) is 9.59 Å². The van der Waals surface area contributed by atoms with Crippen molar-refractivity contribution in [2.45, 2.75) is 43.4 Å². The fraction of sp³-hybridized carbons (Fsp3) is 0.333. The van der Waals surface area contributed by atoms with Gasteiger partial charge < -0.3 is 15.2 Å². The molecule has 2 aromatic rings. The molecule has 0 saturated heterocycles. The third-order valence-electron chi connectivity index (χ3n) is 5.25. The molecule has 0 heterocycles. The maximum Gasteiger partial charge on any atom is 0.352 e. The van der Waals surface area contributed by atoms with Crippen LogP contribution in [0.25, 0.3) is 6.08 Å². The third-order valence-corrected chi connectivity index (χ3v) is 6.02. The van der Waals surface area contributed by atoms with E-state index in [-0.39, 0.29) is 11.6 Å². The van der Waals surface area contributed by atoms with Crippen molar-refractivity contribution < 1.29 is 19.4 Å². The van der Waals surface area contributed by atoms with Gasteiger partial charge in [-0.15, -0.1) is 11.8 Å². The molecule has 0 unspecified atom stereocenters. The van der Waals surface area contributed by atoms with Crippen LogP contribution in [0.2, 0.25) is 0 Å². The summed E-state index contributed by atoms with van der Waals surface area (Å²) in [5.74, 6) is 0.625. The second kappa shape index (κ2) is 10.9. The maximum absolute atomic E-state index is 12.2. The van der Waals surface area contributed by atoms with Crippen molar-refractivity contribution in [1.29, 1.82) is 0 Å². The van der Waals surface area contributed by atoms with Gasteiger partial charge in [0.05, 0.1) is 0 Å². The lowest BCUT2D eigenvalue weighted by Gasteiger charge is -2.10. The minimum Gasteiger partial charge on any atom is -0.477 e. The summed E-state index contributed by atoms with van der Waals surface area (Å²) in [6.45, 7) is 0. The molecule has 2 aromatic carbocycles. The molecule has 1 fully saturated rings. The summed E-state index contributed by atoms with van der Waals surface area (Å²) in [4.78, 5) is 24.8. The Morgan fingerprint density at radius 3 is 2.50 bits per heavy atom. The molecule has 1 aliphatic rings. The van der Waals surface area contributed by atoms with Gasteiger partial charge in [0.2, 0.25) is 5.91 Å². The van der Waals surface area contributed by atoms with Crippen molar-refractivity contribution in [3.05, 3.63) is 59.8 Å². The molecular formula is C24H27NO4S. The average molecular weight is 426 g/mol. The van der Waals surface area contributed by atoms with Crippen LogP contribution in [0.3, 0.4) is 0 Å². The molecule has 3 rings (SSSR count). The number of para-hydroxylation sites is 1. The predicted octanol–water partition coefficient (Wildman–Crippen LogP) is 5.71. The van der Waals surface area contributed by atoms with Gasteiger partial charge in [0.25, 0.3) is 0 Å². The Hall–Kier alpha value is -2.73. The molecule has 0 radical (unpaired) electrons. The Kier molecular flexibility index (Phi) is 7.97. The largest absolute Gasteiger partial charge is 0.477 e. The zero-order chi connectivity index (χ0) is 21.3. The van der Waals surface area contributed by atoms with Gasteiger partial charge >= 0.3 is 5.97 Å². The highest BCUT2D eigenvalue weighted by molar-refractivity contribution is 7.98. The van der Waals surface area contributed by atoms with Gasteiger partial charge in [-0.05, 0) is 54.5 Å². The lowest BCUT2D eigenvalue weighted by molar-refractivity contribution is -0.134. The molecular weight excluding hydrogens is 398 g/mol. The summed E-state index contributed by atoms with van der Waals surface area (Å²) >= 11 is 1.61. The number of thioether (sulfide) groups is 1. The third kappa shape index (κ3) is 6.39. The Morgan fingerprint density at radius 2 is 1.83 bits per heavy atom. The zero-order valence-corrected chi connectivity index (χ0v) is 17.9. The highest BCUT2D eigenvalue weighted by Gasteiger charge is 2.17. The van der Waals surface area contributed by atoms with E-state index in [1.807, 2.05) is 30.5 Å². The molecule has 1 saturated carbocycles. The van der Waals surface area contributed by atoms with Crippen molar-refractivity contribution in [1.82, 2.24) is 5.32 Å². The van der Waals surface area contributed by atoms with E-state index < -0.39 is 5.97 Å². The second-order valence-electron chi connectivity index (χ2n) is 7.42. The molecule has 30 heavy (non-hydrogen) atoms. The molecule has 5 nitrogen and oxygen atoms in total. The molecule has 0 aromatic heterocycles. The van der Waals surface area contributed by atoms with E-state index in [0.717, 1.165) is 17.1 Å². The minimum atomic E-state index is -1.15. The van der Waals surface area contributed by atoms with Gasteiger partial charge in [-0.25, -0.2) is 4.79 Å². The van der Waals surface area contributed by atoms with Crippen LogP contribution in [0.1, 0.15) is 44.1 Å². The first-order valence-electron chi connectivity index (χ1n) is 10.2. The van der Waals surface area contributed by atoms with E-state index in [4.69, 9.17) is 4.74 Å². The first-order valence-corrected chi connectivity index (χ1v) is 11.4. The predicted molar refractivity (Wildman–Crippen MR) is 120 cm³/mol. The van der Waals surface area contributed by atoms with Gasteiger partial charge in [-0.2, -0.15) is 0 Å². The standard InChI is InChI=1S/C24H27NO4S/c1-30-22-9-5-4-8-21(22)29-19-13-10-18(11-14-19)16-20(24(27)28)25-23(26)15-12-17-6-2-3-7-17/h4-5,8-11,13-14,16-17H,2-3,6-7,12,15H2,1H3,(H,25,26)(H,27,28)/b20-16-. The fourth-order valence-electron chi connectivity index (χ4n) is 3.63. The highest BCUT2D eigenvalue weighted by atomic mass is 32.2. The number of ether oxygens (including phenoxy) is 1. The Morgan fingerprint density at radius 1 is 1.13 bits per heavy atom. The highest BCUT2D eigenvalue weighted by Crippen LogP contribution is 2.31. The molecule has 158 valence electrons. The first kappa shape index (κ1) is 22.0. The Balaban J connectivity index is 1.62. The minimum absolute atomic E-state index is 0.118. The molecule has 6 heteroatoms. The average Bonchev–Trinajstić information content (AvgIpc) is 3.27. The molecule has 0 atom stereocenters. The number of carboxylic acids is 1. The van der Waals surface area contributed by atoms with E-state index in [0.29, 0.717) is 23.7 Å². The van der Waals surface area contributed by atoms with Gasteiger partial charge in [-0.3, -0.25) is 4.79 Å². The summed E-state index contributed by atoms with van der Waals surface area (Å²) < 4.78 is 5.93. The number of hydrogen-bond donors (Lipinski definition) is 2. The SMILES string of the molecule is CSc1ccccc1Oc1ccc(/C=C(\NC(=O)CCC2CCCC2)C(=O)O)cc1. The molecule has 0 spiro atoms. The summed E-state index contributed by atoms with van der Waals surface area (Å²) in [5.41, 5.74) is 0.557. The van der Waals surface area contributed by atoms with Crippen LogP contribution in [0.5, 0.6) is 11.5 Å². The molecule has 1 aliphatic carbocycles. The maximum atomic E-state index is 12.2. The van der Waals surface area contributed by atoms with Crippen molar-refractivity contribution in [2.24, 2.45) is 5.92 Å². The van der Waals surface area contributed by atoms with Crippen LogP contribution in [0, 0.1) is 5.92 Å². The fourth-order valence-corrected chi connectivity index (χ4v) is 4.15. The van der Waals surface area contributed by atoms with Crippen molar-refractivity contribution >= 4 is 29.7 Å². The zero-order valence-electron chi connectivity index (χ0n) is 17.1. The van der Waals surface area contributed by atoms with Crippen LogP contribution in [-0.4, -0.2) is 23.2 Å². The van der Waals surface area contributed by atoms with Crippen molar-refractivity contribution in [2.75, 3.05) is 6.26 Å². The lowest BCUT2D eigenvalue weighted by atomic mass is 10.0. The summed E-state index contributed by atoms with van der Waals surface area (Å²) in [6, 6.07) is 14.9. The van der Waals surface area contributed by atoms with Crippen molar-refractivity contribution in [3.8, 4) is 11.5 Å². The van der Waals surface area contributed by atoms with Gasteiger partial charge in [0.15, 0.2) is 0 Å². The quantitative estimate of drug-likeness (QED) is 0.397. The lowest BCUT2D eigenvalue weighted by Crippen LogP contribution is -2.27. The van der Waals surface area contributed by atoms with Crippen LogP contribution < -0.4 is 10.1 Å². The smallest absolute Gasteiger partial charge is 0.352 e. The number of nitrogens with one attached hydrogen (secondary N) is 1. The number of carboxylic acid groups (broad SMARTS) is 1. The monoisotopic (exact) mass is 425 g/mol. The summed E-state index contributed by atoms with van der Waals surface area (Å²) in [7, 11) is 0. The number of carbonyl (C=O) groups excluding carboxylic acids is 1. The Labute approximate surface area is 181 Å². The molecule has 2 N–H and O–H groups in total. The second-order valence-corrected chi connectivity index (χ2v) is 8.27. The van der Waals surface area contributed by atoms with E-state index in [1.54, 1.807) is 36.0 Å². The number of amides is 1.